The number of alkyl halides is 3. The maximum Gasteiger partial charge on any atom is 0.418 e. The van der Waals surface area contributed by atoms with Crippen molar-refractivity contribution in [2.24, 2.45) is 0 Å². The number of hydrogen-bond acceptors (Lipinski definition) is 4. The molecule has 10 heteroatoms. The number of hydrogen-bond donors (Lipinski definition) is 1. The molecule has 0 spiro atoms. The highest BCUT2D eigenvalue weighted by molar-refractivity contribution is 6.76. The van der Waals surface area contributed by atoms with E-state index in [4.69, 9.17) is 16.3 Å². The van der Waals surface area contributed by atoms with Gasteiger partial charge in [0.05, 0.1) is 10.9 Å². The third-order valence-corrected chi connectivity index (χ3v) is 6.01. The molecule has 0 aliphatic heterocycles. The van der Waals surface area contributed by atoms with Gasteiger partial charge in [-0.3, -0.25) is 0 Å². The minimum Gasteiger partial charge on any atom is -0.367 e. The van der Waals surface area contributed by atoms with Gasteiger partial charge in [0.25, 0.3) is 0 Å². The highest BCUT2D eigenvalue weighted by atomic mass is 35.5. The first kappa shape index (κ1) is 19.4. The molecule has 0 unspecified atom stereocenters. The number of aromatic nitrogens is 3. The molecule has 1 saturated carbocycles. The van der Waals surface area contributed by atoms with E-state index >= 15 is 0 Å². The monoisotopic (exact) mass is 406 g/mol. The lowest BCUT2D eigenvalue weighted by atomic mass is 10.2. The average Bonchev–Trinajstić information content (AvgIpc) is 3.21. The second-order valence-electron chi connectivity index (χ2n) is 7.82. The quantitative estimate of drug-likeness (QED) is 0.400. The van der Waals surface area contributed by atoms with Crippen LogP contribution in [0.4, 0.5) is 19.0 Å². The van der Waals surface area contributed by atoms with Gasteiger partial charge in [0, 0.05) is 26.9 Å². The van der Waals surface area contributed by atoms with Crippen LogP contribution in [0.3, 0.4) is 0 Å². The number of anilines is 1. The Morgan fingerprint density at radius 3 is 2.58 bits per heavy atom. The predicted molar refractivity (Wildman–Crippen MR) is 98.3 cm³/mol. The zero-order valence-corrected chi connectivity index (χ0v) is 16.7. The van der Waals surface area contributed by atoms with Crippen LogP contribution in [0.1, 0.15) is 18.4 Å². The molecule has 5 nitrogen and oxygen atoms in total. The Kier molecular flexibility index (Phi) is 5.24. The largest absolute Gasteiger partial charge is 0.418 e. The Morgan fingerprint density at radius 1 is 1.31 bits per heavy atom. The fourth-order valence-electron chi connectivity index (χ4n) is 2.54. The van der Waals surface area contributed by atoms with Crippen molar-refractivity contribution in [3.05, 3.63) is 17.0 Å². The lowest BCUT2D eigenvalue weighted by Gasteiger charge is -2.15. The molecule has 1 fully saturated rings. The van der Waals surface area contributed by atoms with Gasteiger partial charge in [0.15, 0.2) is 0 Å². The van der Waals surface area contributed by atoms with Crippen molar-refractivity contribution in [3.63, 3.8) is 0 Å². The van der Waals surface area contributed by atoms with Crippen molar-refractivity contribution in [2.45, 2.75) is 57.5 Å². The minimum atomic E-state index is -4.51. The molecule has 1 aliphatic rings. The molecule has 3 rings (SSSR count). The summed E-state index contributed by atoms with van der Waals surface area (Å²) in [6.45, 7) is 7.14. The predicted octanol–water partition coefficient (Wildman–Crippen LogP) is 4.99. The van der Waals surface area contributed by atoms with E-state index in [1.807, 2.05) is 0 Å². The first-order valence-electron chi connectivity index (χ1n) is 8.52. The molecule has 1 aliphatic carbocycles. The minimum absolute atomic E-state index is 0.00668. The van der Waals surface area contributed by atoms with Gasteiger partial charge in [-0.2, -0.15) is 18.2 Å². The Hall–Kier alpha value is -1.32. The molecule has 0 radical (unpaired) electrons. The van der Waals surface area contributed by atoms with Crippen LogP contribution >= 0.6 is 11.6 Å². The summed E-state index contributed by atoms with van der Waals surface area (Å²) in [6.07, 6.45) is -1.67. The molecule has 144 valence electrons. The van der Waals surface area contributed by atoms with E-state index in [-0.39, 0.29) is 34.9 Å². The summed E-state index contributed by atoms with van der Waals surface area (Å²) in [7, 11) is -1.27. The van der Waals surface area contributed by atoms with E-state index in [9.17, 15) is 13.2 Å². The Labute approximate surface area is 155 Å². The van der Waals surface area contributed by atoms with E-state index in [1.54, 1.807) is 0 Å². The van der Waals surface area contributed by atoms with Gasteiger partial charge in [0.2, 0.25) is 5.28 Å². The third kappa shape index (κ3) is 4.69. The van der Waals surface area contributed by atoms with Gasteiger partial charge in [-0.15, -0.1) is 0 Å². The van der Waals surface area contributed by atoms with Crippen LogP contribution in [0.2, 0.25) is 31.0 Å². The van der Waals surface area contributed by atoms with Crippen LogP contribution in [-0.4, -0.2) is 35.3 Å². The molecule has 0 bridgehead atoms. The normalized spacial score (nSPS) is 15.7. The highest BCUT2D eigenvalue weighted by Gasteiger charge is 2.37. The summed E-state index contributed by atoms with van der Waals surface area (Å²) in [5.41, 5.74) is -0.644. The van der Waals surface area contributed by atoms with Crippen molar-refractivity contribution < 1.29 is 17.9 Å². The number of nitrogens with zero attached hydrogens (tertiary/aromatic N) is 3. The summed E-state index contributed by atoms with van der Waals surface area (Å²) < 4.78 is 47.6. The average molecular weight is 407 g/mol. The lowest BCUT2D eigenvalue weighted by molar-refractivity contribution is -0.136. The number of ether oxygens (including phenoxy) is 1. The molecule has 0 atom stereocenters. The second-order valence-corrected chi connectivity index (χ2v) is 13.8. The van der Waals surface area contributed by atoms with Crippen LogP contribution in [-0.2, 0) is 17.6 Å². The van der Waals surface area contributed by atoms with Crippen LogP contribution < -0.4 is 5.32 Å². The molecule has 2 aromatic rings. The first-order valence-corrected chi connectivity index (χ1v) is 12.6. The highest BCUT2D eigenvalue weighted by Crippen LogP contribution is 2.40. The molecular formula is C16H22ClF3N4OSi. The summed E-state index contributed by atoms with van der Waals surface area (Å²) in [6, 6.07) is 1.07. The Balaban J connectivity index is 1.94. The van der Waals surface area contributed by atoms with Gasteiger partial charge in [-0.25, -0.2) is 4.98 Å². The van der Waals surface area contributed by atoms with Crippen molar-refractivity contribution in [1.29, 1.82) is 0 Å². The SMILES string of the molecule is C[Si](C)(C)CCOCn1cc(C(F)(F)F)c2c(NC3CC3)nc(Cl)nc21. The van der Waals surface area contributed by atoms with E-state index in [1.165, 1.54) is 4.57 Å². The lowest BCUT2D eigenvalue weighted by Crippen LogP contribution is -2.22. The first-order chi connectivity index (χ1) is 12.0. The number of rotatable bonds is 7. The molecule has 0 saturated heterocycles. The number of halogens is 4. The molecule has 1 N–H and O–H groups in total. The summed E-state index contributed by atoms with van der Waals surface area (Å²) in [4.78, 5) is 8.02. The van der Waals surface area contributed by atoms with Gasteiger partial charge in [0.1, 0.15) is 18.2 Å². The van der Waals surface area contributed by atoms with Gasteiger partial charge in [-0.1, -0.05) is 19.6 Å². The maximum atomic E-state index is 13.5. The van der Waals surface area contributed by atoms with Crippen LogP contribution in [0.15, 0.2) is 6.20 Å². The van der Waals surface area contributed by atoms with E-state index < -0.39 is 19.8 Å². The molecule has 2 aromatic heterocycles. The zero-order chi connectivity index (χ0) is 19.1. The third-order valence-electron chi connectivity index (χ3n) is 4.14. The maximum absolute atomic E-state index is 13.5. The van der Waals surface area contributed by atoms with Gasteiger partial charge in [-0.05, 0) is 30.5 Å². The molecule has 0 aromatic carbocycles. The van der Waals surface area contributed by atoms with Crippen molar-refractivity contribution >= 4 is 36.5 Å². The summed E-state index contributed by atoms with van der Waals surface area (Å²) >= 11 is 5.95. The van der Waals surface area contributed by atoms with E-state index in [2.05, 4.69) is 34.9 Å². The fraction of sp³-hybridized carbons (Fsp3) is 0.625. The molecule has 26 heavy (non-hydrogen) atoms. The van der Waals surface area contributed by atoms with Crippen LogP contribution in [0.5, 0.6) is 0 Å². The van der Waals surface area contributed by atoms with E-state index in [0.29, 0.717) is 6.61 Å². The van der Waals surface area contributed by atoms with Crippen molar-refractivity contribution in [1.82, 2.24) is 14.5 Å². The Morgan fingerprint density at radius 2 is 2.00 bits per heavy atom. The fourth-order valence-corrected chi connectivity index (χ4v) is 3.46. The van der Waals surface area contributed by atoms with Gasteiger partial charge >= 0.3 is 6.18 Å². The van der Waals surface area contributed by atoms with Crippen LogP contribution in [0.25, 0.3) is 11.0 Å². The second kappa shape index (κ2) is 7.01. The van der Waals surface area contributed by atoms with Crippen LogP contribution in [0, 0.1) is 0 Å². The summed E-state index contributed by atoms with van der Waals surface area (Å²) in [5, 5.41) is 2.89. The number of fused-ring (bicyclic) bond motifs is 1. The smallest absolute Gasteiger partial charge is 0.367 e. The molecule has 2 heterocycles. The molecular weight excluding hydrogens is 385 g/mol. The zero-order valence-electron chi connectivity index (χ0n) is 15.0. The standard InChI is InChI=1S/C16H22ClF3N4OSi/c1-26(2,3)7-6-25-9-24-8-11(16(18,19)20)12-13(21-10-4-5-10)22-15(17)23-14(12)24/h8,10H,4-7,9H2,1-3H3,(H,21,22,23). The van der Waals surface area contributed by atoms with Crippen molar-refractivity contribution in [2.75, 3.05) is 11.9 Å². The van der Waals surface area contributed by atoms with Crippen molar-refractivity contribution in [3.8, 4) is 0 Å². The topological polar surface area (TPSA) is 52.0 Å². The number of nitrogens with one attached hydrogen (secondary N) is 1. The Bertz CT molecular complexity index is 799. The summed E-state index contributed by atoms with van der Waals surface area (Å²) in [5.74, 6) is 0.135. The van der Waals surface area contributed by atoms with E-state index in [0.717, 1.165) is 25.1 Å². The molecule has 0 amide bonds. The van der Waals surface area contributed by atoms with Gasteiger partial charge < -0.3 is 14.6 Å².